The molecule has 1 aromatic rings. The summed E-state index contributed by atoms with van der Waals surface area (Å²) in [5.74, 6) is 0.698. The van der Waals surface area contributed by atoms with Crippen molar-refractivity contribution in [1.82, 2.24) is 15.5 Å². The minimum Gasteiger partial charge on any atom is -0.385 e. The first kappa shape index (κ1) is 24.1. The number of benzene rings is 1. The SMILES string of the molecule is CN=C(NCCCc1cccc(F)c1)NC1CCN(CCCOC)CC1.I. The van der Waals surface area contributed by atoms with Gasteiger partial charge in [0, 0.05) is 53.0 Å². The molecular weight excluding hydrogens is 458 g/mol. The highest BCUT2D eigenvalue weighted by molar-refractivity contribution is 14.0. The van der Waals surface area contributed by atoms with Crippen molar-refractivity contribution < 1.29 is 9.13 Å². The second kappa shape index (κ2) is 14.1. The van der Waals surface area contributed by atoms with Crippen LogP contribution in [0.15, 0.2) is 29.3 Å². The highest BCUT2D eigenvalue weighted by Crippen LogP contribution is 2.10. The Hall–Kier alpha value is -0.930. The molecule has 1 heterocycles. The summed E-state index contributed by atoms with van der Waals surface area (Å²) in [5, 5.41) is 6.90. The van der Waals surface area contributed by atoms with Crippen molar-refractivity contribution in [2.45, 2.75) is 38.1 Å². The lowest BCUT2D eigenvalue weighted by Gasteiger charge is -2.33. The van der Waals surface area contributed by atoms with Crippen LogP contribution in [0.25, 0.3) is 0 Å². The van der Waals surface area contributed by atoms with Gasteiger partial charge in [0.1, 0.15) is 5.82 Å². The van der Waals surface area contributed by atoms with Gasteiger partial charge in [-0.2, -0.15) is 0 Å². The number of ether oxygens (including phenoxy) is 1. The van der Waals surface area contributed by atoms with Gasteiger partial charge in [0.2, 0.25) is 0 Å². The van der Waals surface area contributed by atoms with Gasteiger partial charge < -0.3 is 20.3 Å². The standard InChI is InChI=1S/C20H33FN4O.HI/c1-22-20(23-11-4-7-17-6-3-8-18(21)16-17)24-19-9-13-25(14-10-19)12-5-15-26-2;/h3,6,8,16,19H,4-5,7,9-15H2,1-2H3,(H2,22,23,24);1H. The molecule has 5 nitrogen and oxygen atoms in total. The van der Waals surface area contributed by atoms with Gasteiger partial charge in [-0.1, -0.05) is 12.1 Å². The van der Waals surface area contributed by atoms with Crippen LogP contribution in [0.4, 0.5) is 4.39 Å². The van der Waals surface area contributed by atoms with E-state index in [2.05, 4.69) is 20.5 Å². The highest BCUT2D eigenvalue weighted by Gasteiger charge is 2.19. The molecule has 0 amide bonds. The van der Waals surface area contributed by atoms with Crippen LogP contribution in [0.1, 0.15) is 31.2 Å². The number of nitrogens with zero attached hydrogens (tertiary/aromatic N) is 2. The first-order chi connectivity index (χ1) is 12.7. The van der Waals surface area contributed by atoms with Crippen molar-refractivity contribution >= 4 is 29.9 Å². The summed E-state index contributed by atoms with van der Waals surface area (Å²) in [6.45, 7) is 5.03. The number of likely N-dealkylation sites (tertiary alicyclic amines) is 1. The van der Waals surface area contributed by atoms with Crippen LogP contribution in [0.5, 0.6) is 0 Å². The van der Waals surface area contributed by atoms with E-state index in [4.69, 9.17) is 4.74 Å². The number of halogens is 2. The van der Waals surface area contributed by atoms with Gasteiger partial charge in [0.15, 0.2) is 5.96 Å². The molecule has 0 atom stereocenters. The average molecular weight is 492 g/mol. The van der Waals surface area contributed by atoms with Crippen molar-refractivity contribution in [1.29, 1.82) is 0 Å². The molecule has 1 aromatic carbocycles. The smallest absolute Gasteiger partial charge is 0.191 e. The Balaban J connectivity index is 0.00000364. The maximum atomic E-state index is 13.2. The largest absolute Gasteiger partial charge is 0.385 e. The number of piperidine rings is 1. The van der Waals surface area contributed by atoms with Gasteiger partial charge >= 0.3 is 0 Å². The molecule has 1 fully saturated rings. The van der Waals surface area contributed by atoms with Crippen molar-refractivity contribution in [2.24, 2.45) is 4.99 Å². The maximum absolute atomic E-state index is 13.2. The van der Waals surface area contributed by atoms with E-state index >= 15 is 0 Å². The van der Waals surface area contributed by atoms with Crippen LogP contribution in [0.2, 0.25) is 0 Å². The fourth-order valence-corrected chi connectivity index (χ4v) is 3.31. The molecule has 0 bridgehead atoms. The first-order valence-electron chi connectivity index (χ1n) is 9.64. The summed E-state index contributed by atoms with van der Waals surface area (Å²) < 4.78 is 18.3. The molecule has 1 saturated heterocycles. The summed E-state index contributed by atoms with van der Waals surface area (Å²) in [6, 6.07) is 7.30. The third-order valence-corrected chi connectivity index (χ3v) is 4.80. The number of methoxy groups -OCH3 is 1. The minimum absolute atomic E-state index is 0. The van der Waals surface area contributed by atoms with E-state index in [1.54, 1.807) is 19.2 Å². The van der Waals surface area contributed by atoms with Gasteiger partial charge in [0.25, 0.3) is 0 Å². The van der Waals surface area contributed by atoms with Crippen molar-refractivity contribution in [3.63, 3.8) is 0 Å². The Kier molecular flexibility index (Phi) is 12.6. The van der Waals surface area contributed by atoms with Crippen molar-refractivity contribution in [2.75, 3.05) is 46.9 Å². The predicted molar refractivity (Wildman–Crippen MR) is 121 cm³/mol. The molecule has 0 aliphatic carbocycles. The molecule has 0 unspecified atom stereocenters. The molecule has 0 radical (unpaired) electrons. The number of rotatable bonds is 9. The molecular formula is C20H34FIN4O. The minimum atomic E-state index is -0.165. The molecule has 1 aliphatic rings. The normalized spacial score (nSPS) is 16.0. The third kappa shape index (κ3) is 9.71. The van der Waals surface area contributed by atoms with Crippen LogP contribution in [0.3, 0.4) is 0 Å². The summed E-state index contributed by atoms with van der Waals surface area (Å²) in [4.78, 5) is 6.83. The van der Waals surface area contributed by atoms with E-state index in [1.165, 1.54) is 6.07 Å². The Morgan fingerprint density at radius 1 is 1.30 bits per heavy atom. The zero-order chi connectivity index (χ0) is 18.6. The van der Waals surface area contributed by atoms with E-state index < -0.39 is 0 Å². The Bertz CT molecular complexity index is 551. The number of hydrogen-bond acceptors (Lipinski definition) is 3. The van der Waals surface area contributed by atoms with E-state index in [9.17, 15) is 4.39 Å². The summed E-state index contributed by atoms with van der Waals surface area (Å²) in [6.07, 6.45) is 5.18. The molecule has 2 rings (SSSR count). The van der Waals surface area contributed by atoms with Crippen LogP contribution in [-0.4, -0.2) is 63.8 Å². The summed E-state index contributed by atoms with van der Waals surface area (Å²) >= 11 is 0. The second-order valence-electron chi connectivity index (χ2n) is 6.84. The molecule has 27 heavy (non-hydrogen) atoms. The number of aliphatic imine (C=N–C) groups is 1. The van der Waals surface area contributed by atoms with Gasteiger partial charge in [-0.15, -0.1) is 24.0 Å². The highest BCUT2D eigenvalue weighted by atomic mass is 127. The molecule has 154 valence electrons. The van der Waals surface area contributed by atoms with Gasteiger partial charge in [-0.3, -0.25) is 4.99 Å². The van der Waals surface area contributed by atoms with Crippen LogP contribution in [-0.2, 0) is 11.2 Å². The first-order valence-corrected chi connectivity index (χ1v) is 9.64. The third-order valence-electron chi connectivity index (χ3n) is 4.80. The lowest BCUT2D eigenvalue weighted by molar-refractivity contribution is 0.155. The topological polar surface area (TPSA) is 48.9 Å². The number of guanidine groups is 1. The Labute approximate surface area is 180 Å². The van der Waals surface area contributed by atoms with Crippen LogP contribution < -0.4 is 10.6 Å². The Morgan fingerprint density at radius 2 is 2.07 bits per heavy atom. The van der Waals surface area contributed by atoms with Crippen LogP contribution >= 0.6 is 24.0 Å². The lowest BCUT2D eigenvalue weighted by atomic mass is 10.1. The van der Waals surface area contributed by atoms with Gasteiger partial charge in [-0.25, -0.2) is 4.39 Å². The summed E-state index contributed by atoms with van der Waals surface area (Å²) in [7, 11) is 3.56. The fourth-order valence-electron chi connectivity index (χ4n) is 3.31. The number of hydrogen-bond donors (Lipinski definition) is 2. The molecule has 7 heteroatoms. The zero-order valence-corrected chi connectivity index (χ0v) is 18.9. The fraction of sp³-hybridized carbons (Fsp3) is 0.650. The molecule has 1 aliphatic heterocycles. The van der Waals surface area contributed by atoms with Crippen LogP contribution in [0, 0.1) is 5.82 Å². The number of aryl methyl sites for hydroxylation is 1. The second-order valence-corrected chi connectivity index (χ2v) is 6.84. The molecule has 0 spiro atoms. The predicted octanol–water partition coefficient (Wildman–Crippen LogP) is 3.04. The molecule has 2 N–H and O–H groups in total. The summed E-state index contributed by atoms with van der Waals surface area (Å²) in [5.41, 5.74) is 1.04. The zero-order valence-electron chi connectivity index (χ0n) is 16.5. The quantitative estimate of drug-likeness (QED) is 0.241. The van der Waals surface area contributed by atoms with E-state index in [1.807, 2.05) is 13.1 Å². The molecule has 0 aromatic heterocycles. The lowest BCUT2D eigenvalue weighted by Crippen LogP contribution is -2.49. The molecule has 0 saturated carbocycles. The maximum Gasteiger partial charge on any atom is 0.191 e. The number of nitrogens with one attached hydrogen (secondary N) is 2. The average Bonchev–Trinajstić information content (AvgIpc) is 2.66. The van der Waals surface area contributed by atoms with Crippen molar-refractivity contribution in [3.8, 4) is 0 Å². The Morgan fingerprint density at radius 3 is 2.74 bits per heavy atom. The van der Waals surface area contributed by atoms with E-state index in [-0.39, 0.29) is 29.8 Å². The van der Waals surface area contributed by atoms with E-state index in [0.29, 0.717) is 6.04 Å². The van der Waals surface area contributed by atoms with Crippen molar-refractivity contribution in [3.05, 3.63) is 35.6 Å². The van der Waals surface area contributed by atoms with Gasteiger partial charge in [0.05, 0.1) is 0 Å². The van der Waals surface area contributed by atoms with Gasteiger partial charge in [-0.05, 0) is 49.8 Å². The monoisotopic (exact) mass is 492 g/mol. The van der Waals surface area contributed by atoms with E-state index in [0.717, 1.165) is 76.4 Å².